The molecule has 0 aromatic heterocycles. The van der Waals surface area contributed by atoms with E-state index in [1.807, 2.05) is 0 Å². The molecule has 1 aliphatic heterocycles. The fourth-order valence-corrected chi connectivity index (χ4v) is 3.96. The minimum absolute atomic E-state index is 0.172. The topological polar surface area (TPSA) is 80.8 Å². The van der Waals surface area contributed by atoms with E-state index in [1.165, 1.54) is 24.3 Å². The van der Waals surface area contributed by atoms with E-state index in [0.29, 0.717) is 10.7 Å². The first-order chi connectivity index (χ1) is 10.9. The zero-order valence-electron chi connectivity index (χ0n) is 12.4. The molecule has 0 atom stereocenters. The summed E-state index contributed by atoms with van der Waals surface area (Å²) in [5.74, 6) is -0.862. The lowest BCUT2D eigenvalue weighted by Gasteiger charge is -2.28. The van der Waals surface area contributed by atoms with Crippen molar-refractivity contribution in [2.24, 2.45) is 0 Å². The van der Waals surface area contributed by atoms with Crippen LogP contribution in [0.2, 0.25) is 0 Å². The second-order valence-electron chi connectivity index (χ2n) is 5.06. The molecular formula is C13H14F3NO5S2. The van der Waals surface area contributed by atoms with Gasteiger partial charge in [-0.1, -0.05) is 17.7 Å². The standard InChI is InChI=1S/C13H14F3NO5S2/c1-10-5-7-11(8-6-10)23(18,19)17-9-3-2-4-12(17)22-24(20,21)13(14,15)16/h4-8H,2-3,9H2,1H3. The molecular weight excluding hydrogens is 371 g/mol. The highest BCUT2D eigenvalue weighted by atomic mass is 32.2. The molecule has 0 bridgehead atoms. The summed E-state index contributed by atoms with van der Waals surface area (Å²) in [5.41, 5.74) is -4.86. The number of sulfonamides is 1. The number of alkyl halides is 3. The molecule has 1 aromatic carbocycles. The summed E-state index contributed by atoms with van der Waals surface area (Å²) in [6.45, 7) is 1.55. The highest BCUT2D eigenvalue weighted by molar-refractivity contribution is 7.89. The smallest absolute Gasteiger partial charge is 0.357 e. The van der Waals surface area contributed by atoms with Crippen molar-refractivity contribution in [2.45, 2.75) is 30.2 Å². The SMILES string of the molecule is Cc1ccc(S(=O)(=O)N2CCCC=C2OS(=O)(=O)C(F)(F)F)cc1. The zero-order chi connectivity index (χ0) is 18.2. The Morgan fingerprint density at radius 1 is 1.08 bits per heavy atom. The van der Waals surface area contributed by atoms with Gasteiger partial charge in [0.1, 0.15) is 0 Å². The highest BCUT2D eigenvalue weighted by Gasteiger charge is 2.50. The summed E-state index contributed by atoms with van der Waals surface area (Å²) >= 11 is 0. The Balaban J connectivity index is 2.39. The molecule has 1 aromatic rings. The van der Waals surface area contributed by atoms with Crippen molar-refractivity contribution >= 4 is 20.1 Å². The Morgan fingerprint density at radius 3 is 2.21 bits per heavy atom. The summed E-state index contributed by atoms with van der Waals surface area (Å²) in [5, 5.41) is 0. The summed E-state index contributed by atoms with van der Waals surface area (Å²) < 4.78 is 89.5. The first kappa shape index (κ1) is 18.6. The Hall–Kier alpha value is -1.75. The van der Waals surface area contributed by atoms with Crippen molar-refractivity contribution in [3.05, 3.63) is 41.8 Å². The highest BCUT2D eigenvalue weighted by Crippen LogP contribution is 2.31. The minimum Gasteiger partial charge on any atom is -0.357 e. The number of hydrogen-bond donors (Lipinski definition) is 0. The van der Waals surface area contributed by atoms with E-state index in [4.69, 9.17) is 0 Å². The molecule has 0 aliphatic carbocycles. The molecule has 0 radical (unpaired) electrons. The van der Waals surface area contributed by atoms with Gasteiger partial charge < -0.3 is 4.18 Å². The summed E-state index contributed by atoms with van der Waals surface area (Å²) in [7, 11) is -10.2. The molecule has 6 nitrogen and oxygen atoms in total. The fourth-order valence-electron chi connectivity index (χ4n) is 1.98. The van der Waals surface area contributed by atoms with Gasteiger partial charge in [-0.15, -0.1) is 0 Å². The predicted octanol–water partition coefficient (Wildman–Crippen LogP) is 2.49. The van der Waals surface area contributed by atoms with E-state index in [1.54, 1.807) is 6.92 Å². The molecule has 0 saturated carbocycles. The average molecular weight is 385 g/mol. The molecule has 1 aliphatic rings. The molecule has 2 rings (SSSR count). The number of rotatable bonds is 4. The Morgan fingerprint density at radius 2 is 1.67 bits per heavy atom. The summed E-state index contributed by atoms with van der Waals surface area (Å²) in [6, 6.07) is 5.62. The monoisotopic (exact) mass is 385 g/mol. The van der Waals surface area contributed by atoms with E-state index >= 15 is 0 Å². The molecule has 11 heteroatoms. The van der Waals surface area contributed by atoms with Gasteiger partial charge in [0.2, 0.25) is 5.88 Å². The van der Waals surface area contributed by atoms with Gasteiger partial charge in [-0.25, -0.2) is 12.7 Å². The third kappa shape index (κ3) is 3.66. The van der Waals surface area contributed by atoms with Gasteiger partial charge in [0.05, 0.1) is 4.90 Å². The van der Waals surface area contributed by atoms with Crippen LogP contribution < -0.4 is 0 Å². The summed E-state index contributed by atoms with van der Waals surface area (Å²) in [4.78, 5) is -0.172. The van der Waals surface area contributed by atoms with Crippen LogP contribution in [-0.2, 0) is 24.3 Å². The number of allylic oxidation sites excluding steroid dienone is 1. The fraction of sp³-hybridized carbons (Fsp3) is 0.385. The van der Waals surface area contributed by atoms with E-state index in [9.17, 15) is 30.0 Å². The van der Waals surface area contributed by atoms with Crippen molar-refractivity contribution in [1.29, 1.82) is 0 Å². The molecule has 0 saturated heterocycles. The lowest BCUT2D eigenvalue weighted by atomic mass is 10.2. The van der Waals surface area contributed by atoms with Crippen LogP contribution in [0.25, 0.3) is 0 Å². The molecule has 0 amide bonds. The van der Waals surface area contributed by atoms with Crippen LogP contribution in [0.4, 0.5) is 13.2 Å². The molecule has 0 unspecified atom stereocenters. The maximum Gasteiger partial charge on any atom is 0.534 e. The maximum atomic E-state index is 12.6. The third-order valence-corrected chi connectivity index (χ3v) is 5.99. The quantitative estimate of drug-likeness (QED) is 0.588. The van der Waals surface area contributed by atoms with E-state index in [2.05, 4.69) is 4.18 Å². The van der Waals surface area contributed by atoms with Crippen LogP contribution in [0.5, 0.6) is 0 Å². The van der Waals surface area contributed by atoms with Gasteiger partial charge in [-0.05, 0) is 38.0 Å². The molecule has 0 fully saturated rings. The van der Waals surface area contributed by atoms with Gasteiger partial charge in [-0.3, -0.25) is 0 Å². The van der Waals surface area contributed by atoms with Gasteiger partial charge >= 0.3 is 15.6 Å². The van der Waals surface area contributed by atoms with Gasteiger partial charge in [0.15, 0.2) is 0 Å². The zero-order valence-corrected chi connectivity index (χ0v) is 14.1. The second kappa shape index (κ2) is 6.28. The van der Waals surface area contributed by atoms with Crippen molar-refractivity contribution in [3.8, 4) is 0 Å². The molecule has 1 heterocycles. The molecule has 134 valence electrons. The van der Waals surface area contributed by atoms with Crippen LogP contribution in [0, 0.1) is 6.92 Å². The molecule has 0 N–H and O–H groups in total. The van der Waals surface area contributed by atoms with E-state index < -0.39 is 31.5 Å². The van der Waals surface area contributed by atoms with Crippen molar-refractivity contribution < 1.29 is 34.2 Å². The van der Waals surface area contributed by atoms with E-state index in [-0.39, 0.29) is 17.9 Å². The predicted molar refractivity (Wildman–Crippen MR) is 78.4 cm³/mol. The minimum atomic E-state index is -5.95. The first-order valence-electron chi connectivity index (χ1n) is 6.75. The molecule has 24 heavy (non-hydrogen) atoms. The van der Waals surface area contributed by atoms with Gasteiger partial charge in [0.25, 0.3) is 10.0 Å². The Labute approximate surface area is 137 Å². The lowest BCUT2D eigenvalue weighted by molar-refractivity contribution is -0.0532. The normalized spacial score (nSPS) is 16.7. The second-order valence-corrected chi connectivity index (χ2v) is 8.46. The van der Waals surface area contributed by atoms with E-state index in [0.717, 1.165) is 11.6 Å². The summed E-state index contributed by atoms with van der Waals surface area (Å²) in [6.07, 6.45) is 1.53. The van der Waals surface area contributed by atoms with Crippen molar-refractivity contribution in [3.63, 3.8) is 0 Å². The number of halogens is 3. The van der Waals surface area contributed by atoms with Gasteiger partial charge in [-0.2, -0.15) is 21.6 Å². The van der Waals surface area contributed by atoms with Crippen molar-refractivity contribution in [1.82, 2.24) is 4.31 Å². The third-order valence-electron chi connectivity index (χ3n) is 3.22. The van der Waals surface area contributed by atoms with Crippen molar-refractivity contribution in [2.75, 3.05) is 6.54 Å². The van der Waals surface area contributed by atoms with Crippen LogP contribution in [0.3, 0.4) is 0 Å². The van der Waals surface area contributed by atoms with Gasteiger partial charge in [0, 0.05) is 6.54 Å². The lowest BCUT2D eigenvalue weighted by Crippen LogP contribution is -2.37. The number of benzene rings is 1. The van der Waals surface area contributed by atoms with Crippen LogP contribution in [0.15, 0.2) is 41.1 Å². The van der Waals surface area contributed by atoms with Crippen LogP contribution in [-0.4, -0.2) is 33.2 Å². The number of hydrogen-bond acceptors (Lipinski definition) is 5. The average Bonchev–Trinajstić information content (AvgIpc) is 2.46. The number of aryl methyl sites for hydroxylation is 1. The largest absolute Gasteiger partial charge is 0.534 e. The Bertz CT molecular complexity index is 843. The number of nitrogens with zero attached hydrogens (tertiary/aromatic N) is 1. The Kier molecular flexibility index (Phi) is 4.86. The van der Waals surface area contributed by atoms with Crippen LogP contribution >= 0.6 is 0 Å². The first-order valence-corrected chi connectivity index (χ1v) is 9.60. The molecule has 0 spiro atoms. The maximum absolute atomic E-state index is 12.6. The van der Waals surface area contributed by atoms with Crippen LogP contribution in [0.1, 0.15) is 18.4 Å².